The second kappa shape index (κ2) is 8.15. The molecule has 0 aliphatic rings. The van der Waals surface area contributed by atoms with Gasteiger partial charge >= 0.3 is 0 Å². The van der Waals surface area contributed by atoms with Crippen LogP contribution in [0.3, 0.4) is 0 Å². The topological polar surface area (TPSA) is 59.9 Å². The zero-order valence-corrected chi connectivity index (χ0v) is 15.5. The first-order valence-electron chi connectivity index (χ1n) is 7.79. The second-order valence-electron chi connectivity index (χ2n) is 6.29. The van der Waals surface area contributed by atoms with Crippen molar-refractivity contribution in [1.82, 2.24) is 15.0 Å². The van der Waals surface area contributed by atoms with Crippen LogP contribution in [0.5, 0.6) is 5.75 Å². The number of hydrogen-bond acceptors (Lipinski definition) is 6. The lowest BCUT2D eigenvalue weighted by Crippen LogP contribution is -2.11. The molecule has 2 aromatic rings. The molecule has 2 rings (SSSR count). The van der Waals surface area contributed by atoms with Crippen molar-refractivity contribution >= 4 is 17.7 Å². The molecule has 1 N–H and O–H groups in total. The van der Waals surface area contributed by atoms with Gasteiger partial charge in [0.15, 0.2) is 11.0 Å². The van der Waals surface area contributed by atoms with Crippen molar-refractivity contribution in [3.63, 3.8) is 0 Å². The standard InChI is InChI=1S/C18H24N4OS/c1-6-11-19-16-20-15(21-17(22-16)24-5)12-23-14-9-7-13(8-10-14)18(2,3)4/h6-10H,1,11-12H2,2-5H3,(H,19,20,21,22). The Kier molecular flexibility index (Phi) is 6.20. The molecule has 0 unspecified atom stereocenters. The molecule has 1 aromatic heterocycles. The van der Waals surface area contributed by atoms with E-state index >= 15 is 0 Å². The highest BCUT2D eigenvalue weighted by molar-refractivity contribution is 7.98. The van der Waals surface area contributed by atoms with E-state index < -0.39 is 0 Å². The highest BCUT2D eigenvalue weighted by atomic mass is 32.2. The van der Waals surface area contributed by atoms with Gasteiger partial charge in [0.05, 0.1) is 0 Å². The lowest BCUT2D eigenvalue weighted by atomic mass is 9.87. The SMILES string of the molecule is C=CCNc1nc(COc2ccc(C(C)(C)C)cc2)nc(SC)n1. The molecule has 6 heteroatoms. The zero-order valence-electron chi connectivity index (χ0n) is 14.7. The molecule has 0 saturated heterocycles. The van der Waals surface area contributed by atoms with Gasteiger partial charge in [0.1, 0.15) is 12.4 Å². The van der Waals surface area contributed by atoms with Gasteiger partial charge in [0, 0.05) is 6.54 Å². The quantitative estimate of drug-likeness (QED) is 0.603. The first kappa shape index (κ1) is 18.3. The van der Waals surface area contributed by atoms with Crippen molar-refractivity contribution in [2.24, 2.45) is 0 Å². The van der Waals surface area contributed by atoms with Crippen LogP contribution in [0.25, 0.3) is 0 Å². The van der Waals surface area contributed by atoms with Gasteiger partial charge in [-0.2, -0.15) is 9.97 Å². The first-order chi connectivity index (χ1) is 11.4. The smallest absolute Gasteiger partial charge is 0.227 e. The number of rotatable bonds is 7. The minimum absolute atomic E-state index is 0.131. The predicted molar refractivity (Wildman–Crippen MR) is 99.8 cm³/mol. The summed E-state index contributed by atoms with van der Waals surface area (Å²) in [4.78, 5) is 13.1. The predicted octanol–water partition coefficient (Wildman–Crippen LogP) is 4.07. The van der Waals surface area contributed by atoms with Crippen LogP contribution in [0.4, 0.5) is 5.95 Å². The lowest BCUT2D eigenvalue weighted by Gasteiger charge is -2.19. The van der Waals surface area contributed by atoms with Crippen LogP contribution in [0, 0.1) is 0 Å². The Morgan fingerprint density at radius 2 is 1.88 bits per heavy atom. The van der Waals surface area contributed by atoms with Gasteiger partial charge in [-0.3, -0.25) is 0 Å². The van der Waals surface area contributed by atoms with Crippen molar-refractivity contribution in [2.45, 2.75) is 37.9 Å². The third-order valence-electron chi connectivity index (χ3n) is 3.34. The molecule has 0 spiro atoms. The number of nitrogens with one attached hydrogen (secondary N) is 1. The number of aromatic nitrogens is 3. The Bertz CT molecular complexity index is 680. The molecule has 1 aromatic carbocycles. The summed E-state index contributed by atoms with van der Waals surface area (Å²) >= 11 is 1.47. The van der Waals surface area contributed by atoms with Gasteiger partial charge < -0.3 is 10.1 Å². The van der Waals surface area contributed by atoms with Crippen LogP contribution in [-0.2, 0) is 12.0 Å². The molecule has 5 nitrogen and oxygen atoms in total. The molecule has 0 atom stereocenters. The fraction of sp³-hybridized carbons (Fsp3) is 0.389. The molecule has 0 aliphatic heterocycles. The molecule has 24 heavy (non-hydrogen) atoms. The number of ether oxygens (including phenoxy) is 1. The maximum Gasteiger partial charge on any atom is 0.227 e. The lowest BCUT2D eigenvalue weighted by molar-refractivity contribution is 0.294. The average Bonchev–Trinajstić information content (AvgIpc) is 2.57. The molecule has 0 amide bonds. The van der Waals surface area contributed by atoms with Crippen molar-refractivity contribution < 1.29 is 4.74 Å². The summed E-state index contributed by atoms with van der Waals surface area (Å²) in [6.45, 7) is 11.1. The monoisotopic (exact) mass is 344 g/mol. The fourth-order valence-corrected chi connectivity index (χ4v) is 2.37. The molecule has 0 bridgehead atoms. The normalized spacial score (nSPS) is 11.2. The summed E-state index contributed by atoms with van der Waals surface area (Å²) in [5.74, 6) is 1.94. The van der Waals surface area contributed by atoms with Crippen molar-refractivity contribution in [1.29, 1.82) is 0 Å². The van der Waals surface area contributed by atoms with Crippen molar-refractivity contribution in [3.8, 4) is 5.75 Å². The van der Waals surface area contributed by atoms with E-state index in [1.165, 1.54) is 17.3 Å². The Morgan fingerprint density at radius 3 is 2.46 bits per heavy atom. The Balaban J connectivity index is 2.06. The summed E-state index contributed by atoms with van der Waals surface area (Å²) in [5.41, 5.74) is 1.40. The molecule has 1 heterocycles. The second-order valence-corrected chi connectivity index (χ2v) is 7.07. The Morgan fingerprint density at radius 1 is 1.17 bits per heavy atom. The number of anilines is 1. The van der Waals surface area contributed by atoms with Crippen LogP contribution in [0.1, 0.15) is 32.2 Å². The van der Waals surface area contributed by atoms with Gasteiger partial charge in [-0.25, -0.2) is 4.98 Å². The van der Waals surface area contributed by atoms with Crippen molar-refractivity contribution in [3.05, 3.63) is 48.3 Å². The maximum absolute atomic E-state index is 5.81. The molecule has 128 valence electrons. The molecular weight excluding hydrogens is 320 g/mol. The van der Waals surface area contributed by atoms with E-state index in [2.05, 4.69) is 59.8 Å². The van der Waals surface area contributed by atoms with Crippen LogP contribution >= 0.6 is 11.8 Å². The van der Waals surface area contributed by atoms with Crippen LogP contribution in [0.15, 0.2) is 42.1 Å². The Hall–Kier alpha value is -2.08. The summed E-state index contributed by atoms with van der Waals surface area (Å²) in [6, 6.07) is 8.14. The third kappa shape index (κ3) is 5.23. The minimum Gasteiger partial charge on any atom is -0.486 e. The highest BCUT2D eigenvalue weighted by Gasteiger charge is 2.13. The number of hydrogen-bond donors (Lipinski definition) is 1. The Labute approximate surface area is 148 Å². The summed E-state index contributed by atoms with van der Waals surface area (Å²) < 4.78 is 5.81. The van der Waals surface area contributed by atoms with Crippen LogP contribution < -0.4 is 10.1 Å². The largest absolute Gasteiger partial charge is 0.486 e. The summed E-state index contributed by atoms with van der Waals surface area (Å²) in [5, 5.41) is 3.75. The first-order valence-corrected chi connectivity index (χ1v) is 9.02. The van der Waals surface area contributed by atoms with E-state index in [0.29, 0.717) is 30.1 Å². The van der Waals surface area contributed by atoms with E-state index in [4.69, 9.17) is 4.74 Å². The molecule has 0 fully saturated rings. The summed E-state index contributed by atoms with van der Waals surface area (Å²) in [6.07, 6.45) is 3.69. The average molecular weight is 344 g/mol. The molecule has 0 radical (unpaired) electrons. The molecule has 0 aliphatic carbocycles. The third-order valence-corrected chi connectivity index (χ3v) is 3.88. The van der Waals surface area contributed by atoms with Gasteiger partial charge in [-0.15, -0.1) is 6.58 Å². The van der Waals surface area contributed by atoms with Gasteiger partial charge in [0.2, 0.25) is 5.95 Å². The van der Waals surface area contributed by atoms with E-state index in [1.807, 2.05) is 18.4 Å². The van der Waals surface area contributed by atoms with E-state index in [9.17, 15) is 0 Å². The van der Waals surface area contributed by atoms with Gasteiger partial charge in [-0.05, 0) is 29.4 Å². The maximum atomic E-state index is 5.81. The zero-order chi connectivity index (χ0) is 17.6. The number of thioether (sulfide) groups is 1. The van der Waals surface area contributed by atoms with E-state index in [-0.39, 0.29) is 5.41 Å². The van der Waals surface area contributed by atoms with Crippen LogP contribution in [-0.4, -0.2) is 27.8 Å². The molecule has 0 saturated carbocycles. The number of nitrogens with zero attached hydrogens (tertiary/aromatic N) is 3. The highest BCUT2D eigenvalue weighted by Crippen LogP contribution is 2.24. The number of benzene rings is 1. The van der Waals surface area contributed by atoms with Gasteiger partial charge in [-0.1, -0.05) is 50.7 Å². The minimum atomic E-state index is 0.131. The van der Waals surface area contributed by atoms with E-state index in [1.54, 1.807) is 6.08 Å². The van der Waals surface area contributed by atoms with Gasteiger partial charge in [0.25, 0.3) is 0 Å². The summed E-state index contributed by atoms with van der Waals surface area (Å²) in [7, 11) is 0. The molecular formula is C18H24N4OS. The van der Waals surface area contributed by atoms with Crippen molar-refractivity contribution in [2.75, 3.05) is 18.1 Å². The van der Waals surface area contributed by atoms with E-state index in [0.717, 1.165) is 5.75 Å². The fourth-order valence-electron chi connectivity index (χ4n) is 2.00. The van der Waals surface area contributed by atoms with Crippen LogP contribution in [0.2, 0.25) is 0 Å².